The van der Waals surface area contributed by atoms with E-state index < -0.39 is 0 Å². The van der Waals surface area contributed by atoms with Gasteiger partial charge in [0.25, 0.3) is 0 Å². The van der Waals surface area contributed by atoms with Gasteiger partial charge in [0.1, 0.15) is 5.76 Å². The molecule has 0 saturated heterocycles. The van der Waals surface area contributed by atoms with E-state index in [2.05, 4.69) is 26.1 Å². The van der Waals surface area contributed by atoms with E-state index >= 15 is 0 Å². The van der Waals surface area contributed by atoms with Gasteiger partial charge in [-0.15, -0.1) is 11.8 Å². The molecule has 118 valence electrons. The highest BCUT2D eigenvalue weighted by Crippen LogP contribution is 2.24. The van der Waals surface area contributed by atoms with Crippen LogP contribution in [-0.4, -0.2) is 30.7 Å². The number of benzene rings is 1. The van der Waals surface area contributed by atoms with Gasteiger partial charge in [0.15, 0.2) is 4.67 Å². The number of nitrogens with one attached hydrogen (secondary N) is 1. The molecule has 0 aliphatic rings. The fourth-order valence-corrected chi connectivity index (χ4v) is 2.93. The fourth-order valence-electron chi connectivity index (χ4n) is 2.03. The van der Waals surface area contributed by atoms with E-state index in [0.717, 1.165) is 21.0 Å². The molecule has 0 aliphatic carbocycles. The molecule has 2 rings (SSSR count). The second-order valence-electron chi connectivity index (χ2n) is 4.94. The van der Waals surface area contributed by atoms with Crippen LogP contribution in [0, 0.1) is 0 Å². The number of anilines is 1. The Balaban J connectivity index is 1.79. The van der Waals surface area contributed by atoms with Crippen LogP contribution >= 0.6 is 27.7 Å². The van der Waals surface area contributed by atoms with Crippen LogP contribution in [0.2, 0.25) is 0 Å². The normalized spacial score (nSPS) is 10.9. The molecule has 6 heteroatoms. The lowest BCUT2D eigenvalue weighted by Gasteiger charge is -2.15. The van der Waals surface area contributed by atoms with Crippen molar-refractivity contribution in [3.05, 3.63) is 46.8 Å². The summed E-state index contributed by atoms with van der Waals surface area (Å²) in [6.45, 7) is 1.35. The van der Waals surface area contributed by atoms with E-state index in [1.165, 1.54) is 0 Å². The Bertz CT molecular complexity index is 630. The first-order chi connectivity index (χ1) is 10.6. The quantitative estimate of drug-likeness (QED) is 0.727. The molecule has 0 bridgehead atoms. The van der Waals surface area contributed by atoms with Gasteiger partial charge in [0.05, 0.1) is 12.2 Å². The molecule has 0 saturated carbocycles. The third kappa shape index (κ3) is 5.19. The summed E-state index contributed by atoms with van der Waals surface area (Å²) in [6.07, 6.45) is 2.45. The number of hydrogen-bond donors (Lipinski definition) is 1. The molecule has 1 aromatic carbocycles. The average molecular weight is 383 g/mol. The minimum Gasteiger partial charge on any atom is -0.453 e. The first-order valence-electron chi connectivity index (χ1n) is 6.94. The van der Waals surface area contributed by atoms with Crippen LogP contribution in [0.25, 0.3) is 0 Å². The molecule has 0 fully saturated rings. The van der Waals surface area contributed by atoms with Crippen LogP contribution in [0.3, 0.4) is 0 Å². The second-order valence-corrected chi connectivity index (χ2v) is 6.57. The zero-order chi connectivity index (χ0) is 15.9. The summed E-state index contributed by atoms with van der Waals surface area (Å²) in [6, 6.07) is 11.6. The van der Waals surface area contributed by atoms with E-state index in [4.69, 9.17) is 4.42 Å². The van der Waals surface area contributed by atoms with Crippen molar-refractivity contribution in [1.82, 2.24) is 4.90 Å². The molecule has 0 atom stereocenters. The van der Waals surface area contributed by atoms with Crippen molar-refractivity contribution in [3.63, 3.8) is 0 Å². The number of nitrogens with zero attached hydrogens (tertiary/aromatic N) is 1. The molecule has 0 unspecified atom stereocenters. The van der Waals surface area contributed by atoms with E-state index in [-0.39, 0.29) is 5.91 Å². The molecule has 1 aromatic heterocycles. The summed E-state index contributed by atoms with van der Waals surface area (Å²) in [5.41, 5.74) is 0.873. The van der Waals surface area contributed by atoms with E-state index in [0.29, 0.717) is 19.5 Å². The number of carbonyl (C=O) groups is 1. The fraction of sp³-hybridized carbons (Fsp3) is 0.312. The smallest absolute Gasteiger partial charge is 0.225 e. The van der Waals surface area contributed by atoms with Crippen molar-refractivity contribution in [2.75, 3.05) is 25.2 Å². The number of hydrogen-bond acceptors (Lipinski definition) is 4. The minimum absolute atomic E-state index is 0.0222. The molecular formula is C16H19BrN2O2S. The van der Waals surface area contributed by atoms with Crippen molar-refractivity contribution < 1.29 is 9.21 Å². The van der Waals surface area contributed by atoms with Crippen molar-refractivity contribution in [2.45, 2.75) is 17.9 Å². The predicted molar refractivity (Wildman–Crippen MR) is 94.2 cm³/mol. The predicted octanol–water partition coefficient (Wildman–Crippen LogP) is 4.22. The highest BCUT2D eigenvalue weighted by Gasteiger charge is 2.09. The number of halogens is 1. The second kappa shape index (κ2) is 8.41. The third-order valence-electron chi connectivity index (χ3n) is 3.16. The molecule has 0 aliphatic heterocycles. The van der Waals surface area contributed by atoms with Gasteiger partial charge < -0.3 is 9.73 Å². The third-order valence-corrected chi connectivity index (χ3v) is 4.38. The number of furan rings is 1. The Morgan fingerprint density at radius 2 is 2.09 bits per heavy atom. The molecule has 2 aromatic rings. The van der Waals surface area contributed by atoms with Crippen LogP contribution in [0.5, 0.6) is 0 Å². The minimum atomic E-state index is 0.0222. The molecule has 1 N–H and O–H groups in total. The molecule has 1 amide bonds. The van der Waals surface area contributed by atoms with Crippen molar-refractivity contribution >= 4 is 39.3 Å². The van der Waals surface area contributed by atoms with Crippen molar-refractivity contribution in [1.29, 1.82) is 0 Å². The Hall–Kier alpha value is -1.24. The van der Waals surface area contributed by atoms with E-state index in [9.17, 15) is 4.79 Å². The summed E-state index contributed by atoms with van der Waals surface area (Å²) in [5.74, 6) is 0.900. The SMILES string of the molecule is CSc1ccccc1NC(=O)CCN(C)Cc1ccc(Br)o1. The molecule has 22 heavy (non-hydrogen) atoms. The van der Waals surface area contributed by atoms with Gasteiger partial charge in [-0.25, -0.2) is 0 Å². The molecular weight excluding hydrogens is 364 g/mol. The zero-order valence-electron chi connectivity index (χ0n) is 12.6. The number of carbonyl (C=O) groups excluding carboxylic acids is 1. The Morgan fingerprint density at radius 3 is 2.77 bits per heavy atom. The van der Waals surface area contributed by atoms with Gasteiger partial charge in [-0.3, -0.25) is 9.69 Å². The van der Waals surface area contributed by atoms with Gasteiger partial charge in [0, 0.05) is 17.9 Å². The first kappa shape index (κ1) is 17.1. The molecule has 0 radical (unpaired) electrons. The average Bonchev–Trinajstić information content (AvgIpc) is 2.91. The summed E-state index contributed by atoms with van der Waals surface area (Å²) in [7, 11) is 1.97. The van der Waals surface area contributed by atoms with Gasteiger partial charge in [-0.2, -0.15) is 0 Å². The summed E-state index contributed by atoms with van der Waals surface area (Å²) in [4.78, 5) is 15.2. The van der Waals surface area contributed by atoms with E-state index in [1.54, 1.807) is 11.8 Å². The Labute approximate surface area is 143 Å². The largest absolute Gasteiger partial charge is 0.453 e. The number of para-hydroxylation sites is 1. The van der Waals surface area contributed by atoms with Gasteiger partial charge >= 0.3 is 0 Å². The lowest BCUT2D eigenvalue weighted by molar-refractivity contribution is -0.116. The summed E-state index contributed by atoms with van der Waals surface area (Å²) >= 11 is 4.91. The summed E-state index contributed by atoms with van der Waals surface area (Å²) in [5, 5.41) is 2.97. The lowest BCUT2D eigenvalue weighted by atomic mass is 10.3. The Kier molecular flexibility index (Phi) is 6.54. The summed E-state index contributed by atoms with van der Waals surface area (Å²) < 4.78 is 6.18. The van der Waals surface area contributed by atoms with Crippen LogP contribution in [0.1, 0.15) is 12.2 Å². The number of amides is 1. The van der Waals surface area contributed by atoms with Crippen LogP contribution in [0.15, 0.2) is 50.4 Å². The molecule has 4 nitrogen and oxygen atoms in total. The maximum Gasteiger partial charge on any atom is 0.225 e. The van der Waals surface area contributed by atoms with Crippen LogP contribution < -0.4 is 5.32 Å². The first-order valence-corrected chi connectivity index (χ1v) is 8.96. The van der Waals surface area contributed by atoms with Crippen LogP contribution in [0.4, 0.5) is 5.69 Å². The van der Waals surface area contributed by atoms with Gasteiger partial charge in [-0.1, -0.05) is 12.1 Å². The number of thioether (sulfide) groups is 1. The maximum absolute atomic E-state index is 12.1. The van der Waals surface area contributed by atoms with E-state index in [1.807, 2.05) is 49.7 Å². The van der Waals surface area contributed by atoms with Crippen molar-refractivity contribution in [2.24, 2.45) is 0 Å². The lowest BCUT2D eigenvalue weighted by Crippen LogP contribution is -2.24. The monoisotopic (exact) mass is 382 g/mol. The topological polar surface area (TPSA) is 45.5 Å². The Morgan fingerprint density at radius 1 is 1.32 bits per heavy atom. The van der Waals surface area contributed by atoms with Crippen LogP contribution in [-0.2, 0) is 11.3 Å². The number of rotatable bonds is 7. The highest BCUT2D eigenvalue weighted by atomic mass is 79.9. The van der Waals surface area contributed by atoms with Gasteiger partial charge in [-0.05, 0) is 53.5 Å². The zero-order valence-corrected chi connectivity index (χ0v) is 15.0. The standard InChI is InChI=1S/C16H19BrN2O2S/c1-19(11-12-7-8-15(17)21-12)10-9-16(20)18-13-5-3-4-6-14(13)22-2/h3-8H,9-11H2,1-2H3,(H,18,20). The highest BCUT2D eigenvalue weighted by molar-refractivity contribution is 9.10. The molecule has 0 spiro atoms. The maximum atomic E-state index is 12.1. The van der Waals surface area contributed by atoms with Gasteiger partial charge in [0.2, 0.25) is 5.91 Å². The molecule has 1 heterocycles. The van der Waals surface area contributed by atoms with Crippen molar-refractivity contribution in [3.8, 4) is 0 Å².